The molecule has 154 valence electrons. The standard InChI is InChI=1S/C21H22F2IN3O2/c22-13-4-6-15(18(9-13)26-17-7-5-14(24)10-16(17)23)20(28)27-11-21(29,12-27)19-3-1-2-8-25-19/h4-7,9-10,19,25-26,29H,1-3,8,11-12H2. The Morgan fingerprint density at radius 2 is 1.97 bits per heavy atom. The minimum atomic E-state index is -0.939. The normalized spacial score (nSPS) is 20.8. The van der Waals surface area contributed by atoms with Crippen LogP contribution in [0.25, 0.3) is 0 Å². The van der Waals surface area contributed by atoms with Gasteiger partial charge in [-0.25, -0.2) is 8.78 Å². The number of nitrogens with zero attached hydrogens (tertiary/aromatic N) is 1. The first-order chi connectivity index (χ1) is 13.9. The quantitative estimate of drug-likeness (QED) is 0.547. The average molecular weight is 513 g/mol. The van der Waals surface area contributed by atoms with E-state index < -0.39 is 17.2 Å². The number of anilines is 2. The number of piperidine rings is 1. The fraction of sp³-hybridized carbons (Fsp3) is 0.381. The molecule has 3 N–H and O–H groups in total. The van der Waals surface area contributed by atoms with Crippen LogP contribution >= 0.6 is 22.6 Å². The van der Waals surface area contributed by atoms with Crippen molar-refractivity contribution in [1.29, 1.82) is 0 Å². The molecular formula is C21H22F2IN3O2. The van der Waals surface area contributed by atoms with Gasteiger partial charge in [-0.05, 0) is 78.4 Å². The predicted octanol–water partition coefficient (Wildman–Crippen LogP) is 3.64. The van der Waals surface area contributed by atoms with E-state index in [1.165, 1.54) is 24.3 Å². The van der Waals surface area contributed by atoms with Crippen LogP contribution in [0, 0.1) is 15.2 Å². The lowest BCUT2D eigenvalue weighted by molar-refractivity contribution is -0.108. The van der Waals surface area contributed by atoms with Crippen LogP contribution in [0.5, 0.6) is 0 Å². The van der Waals surface area contributed by atoms with Gasteiger partial charge in [-0.15, -0.1) is 0 Å². The van der Waals surface area contributed by atoms with Crippen LogP contribution in [0.4, 0.5) is 20.2 Å². The van der Waals surface area contributed by atoms with Gasteiger partial charge in [0.1, 0.15) is 17.2 Å². The number of hydrogen-bond acceptors (Lipinski definition) is 4. The van der Waals surface area contributed by atoms with Crippen LogP contribution in [0.3, 0.4) is 0 Å². The van der Waals surface area contributed by atoms with E-state index in [4.69, 9.17) is 0 Å². The lowest BCUT2D eigenvalue weighted by Crippen LogP contribution is -2.72. The number of benzene rings is 2. The number of carbonyl (C=O) groups is 1. The number of aliphatic hydroxyl groups is 1. The summed E-state index contributed by atoms with van der Waals surface area (Å²) in [6.45, 7) is 1.31. The summed E-state index contributed by atoms with van der Waals surface area (Å²) in [5.74, 6) is -1.33. The summed E-state index contributed by atoms with van der Waals surface area (Å²) < 4.78 is 28.8. The van der Waals surface area contributed by atoms with Crippen molar-refractivity contribution in [2.75, 3.05) is 25.0 Å². The first-order valence-electron chi connectivity index (χ1n) is 9.62. The van der Waals surface area contributed by atoms with Gasteiger partial charge in [-0.1, -0.05) is 6.42 Å². The lowest BCUT2D eigenvalue weighted by atomic mass is 9.81. The monoisotopic (exact) mass is 513 g/mol. The molecule has 0 bridgehead atoms. The Hall–Kier alpha value is -1.78. The Kier molecular flexibility index (Phi) is 5.76. The van der Waals surface area contributed by atoms with E-state index in [0.29, 0.717) is 0 Å². The highest BCUT2D eigenvalue weighted by Gasteiger charge is 2.49. The molecule has 2 saturated heterocycles. The molecule has 0 aromatic heterocycles. The molecule has 0 aliphatic carbocycles. The van der Waals surface area contributed by atoms with E-state index in [9.17, 15) is 18.7 Å². The van der Waals surface area contributed by atoms with Gasteiger partial charge in [0.15, 0.2) is 0 Å². The van der Waals surface area contributed by atoms with E-state index >= 15 is 0 Å². The third-order valence-corrected chi connectivity index (χ3v) is 6.26. The second-order valence-electron chi connectivity index (χ2n) is 7.71. The number of likely N-dealkylation sites (tertiary alicyclic amines) is 1. The molecule has 1 amide bonds. The number of hydrogen-bond donors (Lipinski definition) is 3. The van der Waals surface area contributed by atoms with Gasteiger partial charge in [0.25, 0.3) is 5.91 Å². The van der Waals surface area contributed by atoms with Crippen molar-refractivity contribution in [3.8, 4) is 0 Å². The second kappa shape index (κ2) is 8.16. The lowest BCUT2D eigenvalue weighted by Gasteiger charge is -2.51. The zero-order chi connectivity index (χ0) is 20.6. The molecular weight excluding hydrogens is 491 g/mol. The molecule has 0 radical (unpaired) electrons. The summed E-state index contributed by atoms with van der Waals surface area (Å²) in [4.78, 5) is 14.5. The Balaban J connectivity index is 1.52. The fourth-order valence-corrected chi connectivity index (χ4v) is 4.46. The Morgan fingerprint density at radius 3 is 2.66 bits per heavy atom. The molecule has 1 unspecified atom stereocenters. The van der Waals surface area contributed by atoms with E-state index in [1.807, 2.05) is 22.6 Å². The molecule has 2 aromatic carbocycles. The van der Waals surface area contributed by atoms with Crippen molar-refractivity contribution in [3.63, 3.8) is 0 Å². The van der Waals surface area contributed by atoms with E-state index in [0.717, 1.165) is 29.4 Å². The van der Waals surface area contributed by atoms with Gasteiger partial charge >= 0.3 is 0 Å². The van der Waals surface area contributed by atoms with Gasteiger partial charge in [0.2, 0.25) is 0 Å². The Morgan fingerprint density at radius 1 is 1.17 bits per heavy atom. The fourth-order valence-electron chi connectivity index (χ4n) is 4.00. The molecule has 0 saturated carbocycles. The number of β-amino-alcohol motifs (C(OH)–C–C–N with tert-alkyl or cyclic N) is 1. The van der Waals surface area contributed by atoms with Crippen LogP contribution in [0.2, 0.25) is 0 Å². The van der Waals surface area contributed by atoms with Crippen LogP contribution in [-0.2, 0) is 0 Å². The first-order valence-corrected chi connectivity index (χ1v) is 10.7. The Bertz CT molecular complexity index is 928. The molecule has 4 rings (SSSR count). The van der Waals surface area contributed by atoms with Crippen molar-refractivity contribution >= 4 is 39.9 Å². The SMILES string of the molecule is O=C(c1ccc(F)cc1Nc1ccc(I)cc1F)N1CC(O)(C2CCCCN2)C1. The van der Waals surface area contributed by atoms with Gasteiger partial charge in [0.05, 0.1) is 30.0 Å². The zero-order valence-electron chi connectivity index (χ0n) is 15.7. The van der Waals surface area contributed by atoms with Crippen molar-refractivity contribution in [1.82, 2.24) is 10.2 Å². The molecule has 2 aliphatic heterocycles. The van der Waals surface area contributed by atoms with Crippen LogP contribution in [0.1, 0.15) is 29.6 Å². The van der Waals surface area contributed by atoms with E-state index in [-0.39, 0.29) is 42.0 Å². The smallest absolute Gasteiger partial charge is 0.256 e. The number of amides is 1. The molecule has 8 heteroatoms. The van der Waals surface area contributed by atoms with Crippen LogP contribution < -0.4 is 10.6 Å². The topological polar surface area (TPSA) is 64.6 Å². The third kappa shape index (κ3) is 4.24. The van der Waals surface area contributed by atoms with Crippen molar-refractivity contribution in [3.05, 3.63) is 57.2 Å². The maximum absolute atomic E-state index is 14.2. The zero-order valence-corrected chi connectivity index (χ0v) is 17.9. The molecule has 5 nitrogen and oxygen atoms in total. The molecule has 1 atom stereocenters. The minimum absolute atomic E-state index is 0.0213. The molecule has 2 aliphatic rings. The predicted molar refractivity (Wildman–Crippen MR) is 115 cm³/mol. The highest BCUT2D eigenvalue weighted by atomic mass is 127. The van der Waals surface area contributed by atoms with Gasteiger partial charge in [-0.3, -0.25) is 4.79 Å². The molecule has 2 aromatic rings. The van der Waals surface area contributed by atoms with Crippen LogP contribution in [-0.4, -0.2) is 47.2 Å². The third-order valence-electron chi connectivity index (χ3n) is 5.59. The van der Waals surface area contributed by atoms with Crippen molar-refractivity contribution in [2.45, 2.75) is 30.9 Å². The van der Waals surface area contributed by atoms with Crippen molar-refractivity contribution in [2.24, 2.45) is 0 Å². The van der Waals surface area contributed by atoms with Crippen molar-refractivity contribution < 1.29 is 18.7 Å². The maximum Gasteiger partial charge on any atom is 0.256 e. The molecule has 2 fully saturated rings. The number of carbonyl (C=O) groups excluding carboxylic acids is 1. The average Bonchev–Trinajstić information content (AvgIpc) is 2.68. The summed E-state index contributed by atoms with van der Waals surface area (Å²) in [6.07, 6.45) is 3.03. The largest absolute Gasteiger partial charge is 0.385 e. The maximum atomic E-state index is 14.2. The second-order valence-corrected chi connectivity index (χ2v) is 8.95. The summed E-state index contributed by atoms with van der Waals surface area (Å²) in [7, 11) is 0. The highest BCUT2D eigenvalue weighted by molar-refractivity contribution is 14.1. The summed E-state index contributed by atoms with van der Waals surface area (Å²) in [5.41, 5.74) is -0.340. The molecule has 29 heavy (non-hydrogen) atoms. The molecule has 0 spiro atoms. The Labute approximate surface area is 181 Å². The van der Waals surface area contributed by atoms with E-state index in [2.05, 4.69) is 10.6 Å². The number of rotatable bonds is 4. The van der Waals surface area contributed by atoms with Crippen LogP contribution in [0.15, 0.2) is 36.4 Å². The van der Waals surface area contributed by atoms with Gasteiger partial charge < -0.3 is 20.6 Å². The van der Waals surface area contributed by atoms with Gasteiger partial charge in [0, 0.05) is 9.61 Å². The summed E-state index contributed by atoms with van der Waals surface area (Å²) in [5, 5.41) is 17.0. The summed E-state index contributed by atoms with van der Waals surface area (Å²) >= 11 is 2.00. The minimum Gasteiger partial charge on any atom is -0.385 e. The number of nitrogens with one attached hydrogen (secondary N) is 2. The molecule has 2 heterocycles. The summed E-state index contributed by atoms with van der Waals surface area (Å²) in [6, 6.07) is 8.38. The highest BCUT2D eigenvalue weighted by Crippen LogP contribution is 2.32. The number of halogens is 3. The van der Waals surface area contributed by atoms with Gasteiger partial charge in [-0.2, -0.15) is 0 Å². The van der Waals surface area contributed by atoms with E-state index in [1.54, 1.807) is 17.0 Å². The first kappa shape index (κ1) is 20.5.